The molecule has 1 aliphatic heterocycles. The number of carbonyl (C=O) groups excluding carboxylic acids is 3. The Morgan fingerprint density at radius 1 is 1.18 bits per heavy atom. The molecule has 0 bridgehead atoms. The van der Waals surface area contributed by atoms with Gasteiger partial charge in [-0.3, -0.25) is 14.6 Å². The molecule has 3 aromatic rings. The van der Waals surface area contributed by atoms with E-state index in [1.807, 2.05) is 0 Å². The fraction of sp³-hybridized carbons (Fsp3) is 0.385. The van der Waals surface area contributed by atoms with Crippen molar-refractivity contribution >= 4 is 29.1 Å². The number of rotatable bonds is 8. The lowest BCUT2D eigenvalue weighted by molar-refractivity contribution is -0.164. The maximum Gasteiger partial charge on any atom is 0.406 e. The molecule has 2 fully saturated rings. The van der Waals surface area contributed by atoms with E-state index in [-0.39, 0.29) is 17.5 Å². The van der Waals surface area contributed by atoms with Gasteiger partial charge in [-0.1, -0.05) is 0 Å². The molecule has 0 aromatic carbocycles. The summed E-state index contributed by atoms with van der Waals surface area (Å²) in [6, 6.07) is 9.06. The van der Waals surface area contributed by atoms with E-state index in [0.717, 1.165) is 17.7 Å². The van der Waals surface area contributed by atoms with Crippen LogP contribution in [-0.2, 0) is 9.53 Å². The quantitative estimate of drug-likeness (QED) is 0.384. The van der Waals surface area contributed by atoms with Crippen molar-refractivity contribution < 1.29 is 27.9 Å². The largest absolute Gasteiger partial charge is 0.453 e. The van der Waals surface area contributed by atoms with Crippen LogP contribution in [0, 0.1) is 17.2 Å². The molecule has 0 spiro atoms. The van der Waals surface area contributed by atoms with E-state index in [1.165, 1.54) is 19.5 Å². The molecule has 3 N–H and O–H groups in total. The van der Waals surface area contributed by atoms with Crippen LogP contribution in [0.3, 0.4) is 0 Å². The number of ether oxygens (including phenoxy) is 1. The van der Waals surface area contributed by atoms with Crippen molar-refractivity contribution in [1.29, 1.82) is 5.26 Å². The molecule has 1 aliphatic carbocycles. The van der Waals surface area contributed by atoms with E-state index in [1.54, 1.807) is 28.8 Å². The number of nitrogens with zero attached hydrogens (tertiary/aromatic N) is 5. The van der Waals surface area contributed by atoms with Crippen LogP contribution in [0.15, 0.2) is 36.7 Å². The number of nitriles is 1. The zero-order valence-electron chi connectivity index (χ0n) is 21.5. The molecule has 1 saturated heterocycles. The normalized spacial score (nSPS) is 19.1. The van der Waals surface area contributed by atoms with Gasteiger partial charge in [0.25, 0.3) is 11.8 Å². The van der Waals surface area contributed by atoms with Crippen LogP contribution in [0.2, 0.25) is 0 Å². The van der Waals surface area contributed by atoms with Gasteiger partial charge in [-0.25, -0.2) is 18.1 Å². The van der Waals surface area contributed by atoms with Crippen molar-refractivity contribution in [2.24, 2.45) is 5.92 Å². The third-order valence-electron chi connectivity index (χ3n) is 6.95. The summed E-state index contributed by atoms with van der Waals surface area (Å²) in [6.45, 7) is -1.28. The number of amides is 3. The highest BCUT2D eigenvalue weighted by Gasteiger charge is 2.46. The Kier molecular flexibility index (Phi) is 7.20. The lowest BCUT2D eigenvalue weighted by Gasteiger charge is -2.38. The number of hydrogen-bond acceptors (Lipinski definition) is 8. The van der Waals surface area contributed by atoms with E-state index >= 15 is 0 Å². The average molecular weight is 553 g/mol. The highest BCUT2D eigenvalue weighted by atomic mass is 19.3. The predicted molar refractivity (Wildman–Crippen MR) is 138 cm³/mol. The Labute approximate surface area is 227 Å². The van der Waals surface area contributed by atoms with Crippen molar-refractivity contribution in [1.82, 2.24) is 30.1 Å². The second-order valence-corrected chi connectivity index (χ2v) is 9.87. The van der Waals surface area contributed by atoms with E-state index in [4.69, 9.17) is 5.26 Å². The van der Waals surface area contributed by atoms with Crippen LogP contribution in [0.4, 0.5) is 19.3 Å². The third-order valence-corrected chi connectivity index (χ3v) is 6.95. The maximum absolute atomic E-state index is 13.1. The van der Waals surface area contributed by atoms with Gasteiger partial charge in [0, 0.05) is 18.8 Å². The molecule has 0 atom stereocenters. The summed E-state index contributed by atoms with van der Waals surface area (Å²) in [4.78, 5) is 42.0. The molecule has 1 saturated carbocycles. The number of aromatic nitrogens is 3. The summed E-state index contributed by atoms with van der Waals surface area (Å²) < 4.78 is 32.4. The Hall–Kier alpha value is -4.80. The Balaban J connectivity index is 1.33. The number of methoxy groups -OCH3 is 1. The molecule has 40 heavy (non-hydrogen) atoms. The molecule has 3 aromatic heterocycles. The number of pyridine rings is 1. The molecule has 0 radical (unpaired) electrons. The minimum atomic E-state index is -2.89. The number of fused-ring (bicyclic) bond motifs is 1. The minimum Gasteiger partial charge on any atom is -0.453 e. The van der Waals surface area contributed by atoms with Gasteiger partial charge in [0.1, 0.15) is 6.07 Å². The molecule has 5 rings (SSSR count). The molecule has 3 amide bonds. The molecule has 208 valence electrons. The van der Waals surface area contributed by atoms with Gasteiger partial charge in [-0.2, -0.15) is 10.4 Å². The Morgan fingerprint density at radius 2 is 1.95 bits per heavy atom. The molecule has 0 unspecified atom stereocenters. The number of alkyl halides is 2. The molecular weight excluding hydrogens is 526 g/mol. The van der Waals surface area contributed by atoms with Gasteiger partial charge in [0.05, 0.1) is 66.7 Å². The van der Waals surface area contributed by atoms with Crippen LogP contribution in [-0.4, -0.2) is 82.7 Å². The molecule has 2 aliphatic rings. The molecular formula is C26H26F2N8O4. The number of halogens is 2. The number of carbonyl (C=O) groups is 3. The fourth-order valence-corrected chi connectivity index (χ4v) is 4.74. The number of likely N-dealkylation sites (tertiary alicyclic amines) is 1. The number of alkyl carbamates (subject to hydrolysis) is 1. The van der Waals surface area contributed by atoms with E-state index in [9.17, 15) is 23.2 Å². The van der Waals surface area contributed by atoms with Crippen LogP contribution >= 0.6 is 0 Å². The highest BCUT2D eigenvalue weighted by molar-refractivity contribution is 6.01. The summed E-state index contributed by atoms with van der Waals surface area (Å²) in [5, 5.41) is 22.0. The van der Waals surface area contributed by atoms with Crippen LogP contribution < -0.4 is 16.0 Å². The molecule has 12 nitrogen and oxygen atoms in total. The summed E-state index contributed by atoms with van der Waals surface area (Å²) in [6.07, 6.45) is 3.79. The summed E-state index contributed by atoms with van der Waals surface area (Å²) in [7, 11) is 1.30. The lowest BCUT2D eigenvalue weighted by atomic mass is 9.80. The van der Waals surface area contributed by atoms with Gasteiger partial charge >= 0.3 is 6.09 Å². The van der Waals surface area contributed by atoms with Gasteiger partial charge in [-0.15, -0.1) is 0 Å². The van der Waals surface area contributed by atoms with Crippen molar-refractivity contribution in [3.63, 3.8) is 0 Å². The number of hydrogen-bond donors (Lipinski definition) is 3. The first-order valence-electron chi connectivity index (χ1n) is 12.6. The summed E-state index contributed by atoms with van der Waals surface area (Å²) in [5.74, 6) is -3.84. The second-order valence-electron chi connectivity index (χ2n) is 9.87. The first-order valence-corrected chi connectivity index (χ1v) is 12.6. The topological polar surface area (TPSA) is 154 Å². The average Bonchev–Trinajstić information content (AvgIpc) is 3.34. The van der Waals surface area contributed by atoms with E-state index < -0.39 is 43.5 Å². The standard InChI is InChI=1S/C26H26F2N8O4/c1-40-25(39)32-9-15-4-17(5-15)34-20-7-21(22-3-2-18-6-16(8-29)10-33-36(18)22)30-11-19(20)24(38)31-12-23(37)35-13-26(27,28)14-35/h2-3,6-7,10-11,15,17H,4-5,9,12-14H2,1H3,(H,30,34)(H,31,38)(H,32,39)/t15-,17-. The molecule has 14 heteroatoms. The van der Waals surface area contributed by atoms with Gasteiger partial charge in [0.15, 0.2) is 0 Å². The Morgan fingerprint density at radius 3 is 2.65 bits per heavy atom. The first kappa shape index (κ1) is 26.8. The number of nitrogens with one attached hydrogen (secondary N) is 3. The Bertz CT molecular complexity index is 1500. The third kappa shape index (κ3) is 5.63. The summed E-state index contributed by atoms with van der Waals surface area (Å²) in [5.41, 5.74) is 2.91. The van der Waals surface area contributed by atoms with Crippen LogP contribution in [0.5, 0.6) is 0 Å². The zero-order chi connectivity index (χ0) is 28.4. The minimum absolute atomic E-state index is 0.0107. The van der Waals surface area contributed by atoms with E-state index in [0.29, 0.717) is 34.7 Å². The second kappa shape index (κ2) is 10.8. The zero-order valence-corrected chi connectivity index (χ0v) is 21.5. The van der Waals surface area contributed by atoms with Gasteiger partial charge < -0.3 is 25.6 Å². The SMILES string of the molecule is COC(=O)NC[C@H]1C[C@H](Nc2cc(-c3ccc4cc(C#N)cnn34)ncc2C(=O)NCC(=O)N2CC(F)(F)C2)C1. The van der Waals surface area contributed by atoms with Crippen molar-refractivity contribution in [2.45, 2.75) is 24.8 Å². The molecule has 4 heterocycles. The van der Waals surface area contributed by atoms with Crippen molar-refractivity contribution in [2.75, 3.05) is 38.6 Å². The fourth-order valence-electron chi connectivity index (χ4n) is 4.74. The van der Waals surface area contributed by atoms with Gasteiger partial charge in [-0.05, 0) is 43.0 Å². The highest BCUT2D eigenvalue weighted by Crippen LogP contribution is 2.33. The predicted octanol–water partition coefficient (Wildman–Crippen LogP) is 2.02. The lowest BCUT2D eigenvalue weighted by Crippen LogP contribution is -2.60. The maximum atomic E-state index is 13.1. The van der Waals surface area contributed by atoms with Crippen LogP contribution in [0.1, 0.15) is 28.8 Å². The van der Waals surface area contributed by atoms with Gasteiger partial charge in [0.2, 0.25) is 5.91 Å². The first-order chi connectivity index (χ1) is 19.2. The summed E-state index contributed by atoms with van der Waals surface area (Å²) >= 11 is 0. The smallest absolute Gasteiger partial charge is 0.406 e. The van der Waals surface area contributed by atoms with Crippen molar-refractivity contribution in [3.05, 3.63) is 47.8 Å². The number of anilines is 1. The monoisotopic (exact) mass is 552 g/mol. The van der Waals surface area contributed by atoms with E-state index in [2.05, 4.69) is 36.8 Å². The van der Waals surface area contributed by atoms with Crippen LogP contribution in [0.25, 0.3) is 16.9 Å². The van der Waals surface area contributed by atoms with Crippen molar-refractivity contribution in [3.8, 4) is 17.5 Å².